The molecule has 0 bridgehead atoms. The van der Waals surface area contributed by atoms with Gasteiger partial charge in [-0.15, -0.1) is 0 Å². The molecule has 2 unspecified atom stereocenters. The minimum Gasteiger partial charge on any atom is -0.342 e. The van der Waals surface area contributed by atoms with Crippen LogP contribution in [0.2, 0.25) is 5.02 Å². The molecule has 1 aromatic carbocycles. The number of nitrogens with one attached hydrogen (secondary N) is 1. The molecule has 21 heavy (non-hydrogen) atoms. The van der Waals surface area contributed by atoms with Crippen molar-refractivity contribution < 1.29 is 9.59 Å². The van der Waals surface area contributed by atoms with Gasteiger partial charge in [0.15, 0.2) is 0 Å². The Bertz CT molecular complexity index is 571. The van der Waals surface area contributed by atoms with Crippen LogP contribution in [0.5, 0.6) is 0 Å². The summed E-state index contributed by atoms with van der Waals surface area (Å²) in [7, 11) is 0. The molecule has 0 spiro atoms. The lowest BCUT2D eigenvalue weighted by Crippen LogP contribution is -2.63. The molecule has 2 rings (SSSR count). The second kappa shape index (κ2) is 6.06. The molecule has 0 saturated carbocycles. The number of anilines is 1. The number of halogens is 1. The fourth-order valence-electron chi connectivity index (χ4n) is 2.60. The summed E-state index contributed by atoms with van der Waals surface area (Å²) in [5, 5.41) is 3.30. The van der Waals surface area contributed by atoms with E-state index in [1.54, 1.807) is 19.1 Å². The number of hydrogen-bond donors (Lipinski definition) is 1. The Morgan fingerprint density at radius 1 is 1.33 bits per heavy atom. The molecule has 1 N–H and O–H groups in total. The van der Waals surface area contributed by atoms with Crippen LogP contribution < -0.4 is 10.2 Å². The van der Waals surface area contributed by atoms with Crippen LogP contribution in [0.15, 0.2) is 18.2 Å². The van der Waals surface area contributed by atoms with Crippen LogP contribution in [-0.2, 0) is 9.59 Å². The summed E-state index contributed by atoms with van der Waals surface area (Å²) in [6.07, 6.45) is 0.622. The molecule has 5 heteroatoms. The van der Waals surface area contributed by atoms with Crippen molar-refractivity contribution in [3.05, 3.63) is 28.8 Å². The summed E-state index contributed by atoms with van der Waals surface area (Å²) in [6, 6.07) is 4.47. The van der Waals surface area contributed by atoms with Crippen LogP contribution >= 0.6 is 11.6 Å². The Balaban J connectivity index is 2.38. The lowest BCUT2D eigenvalue weighted by molar-refractivity contribution is -0.133. The zero-order valence-corrected chi connectivity index (χ0v) is 13.6. The fraction of sp³-hybridized carbons (Fsp3) is 0.500. The Kier molecular flexibility index (Phi) is 4.57. The first kappa shape index (κ1) is 15.8. The normalized spacial score (nSPS) is 22.7. The molecule has 1 aromatic rings. The Hall–Kier alpha value is -1.55. The number of hydrogen-bond acceptors (Lipinski definition) is 2. The van der Waals surface area contributed by atoms with Gasteiger partial charge in [0.2, 0.25) is 11.8 Å². The monoisotopic (exact) mass is 308 g/mol. The van der Waals surface area contributed by atoms with E-state index in [0.29, 0.717) is 23.0 Å². The number of rotatable bonds is 3. The molecular formula is C16H21ClN2O2. The smallest absolute Gasteiger partial charge is 0.250 e. The number of amides is 2. The van der Waals surface area contributed by atoms with Crippen molar-refractivity contribution >= 4 is 29.1 Å². The summed E-state index contributed by atoms with van der Waals surface area (Å²) in [4.78, 5) is 26.4. The molecule has 1 fully saturated rings. The number of benzene rings is 1. The predicted molar refractivity (Wildman–Crippen MR) is 84.5 cm³/mol. The van der Waals surface area contributed by atoms with Crippen LogP contribution in [-0.4, -0.2) is 23.9 Å². The van der Waals surface area contributed by atoms with Gasteiger partial charge in [-0.2, -0.15) is 0 Å². The second-order valence-corrected chi connectivity index (χ2v) is 6.44. The van der Waals surface area contributed by atoms with E-state index in [9.17, 15) is 9.59 Å². The van der Waals surface area contributed by atoms with Gasteiger partial charge in [-0.1, -0.05) is 31.5 Å². The Morgan fingerprint density at radius 3 is 2.57 bits per heavy atom. The molecule has 2 amide bonds. The van der Waals surface area contributed by atoms with Crippen molar-refractivity contribution in [2.75, 3.05) is 4.90 Å². The van der Waals surface area contributed by atoms with Crippen molar-refractivity contribution in [3.63, 3.8) is 0 Å². The Labute approximate surface area is 130 Å². The summed E-state index contributed by atoms with van der Waals surface area (Å²) in [5.74, 6) is 0.0847. The van der Waals surface area contributed by atoms with Gasteiger partial charge in [-0.05, 0) is 43.9 Å². The minimum atomic E-state index is -0.555. The van der Waals surface area contributed by atoms with Crippen molar-refractivity contribution in [2.24, 2.45) is 5.92 Å². The van der Waals surface area contributed by atoms with Crippen molar-refractivity contribution in [1.29, 1.82) is 0 Å². The van der Waals surface area contributed by atoms with E-state index in [0.717, 1.165) is 5.56 Å². The zero-order chi connectivity index (χ0) is 15.7. The number of piperazine rings is 1. The van der Waals surface area contributed by atoms with Crippen LogP contribution in [0, 0.1) is 12.8 Å². The van der Waals surface area contributed by atoms with Gasteiger partial charge in [0.05, 0.1) is 10.7 Å². The van der Waals surface area contributed by atoms with E-state index in [-0.39, 0.29) is 11.8 Å². The molecule has 4 nitrogen and oxygen atoms in total. The molecule has 0 aromatic heterocycles. The van der Waals surface area contributed by atoms with Crippen LogP contribution in [0.4, 0.5) is 5.69 Å². The standard InChI is InChI=1S/C16H21ClN2O2/c1-9(2)7-13-16(21)19(11(4)15(20)18-13)14-6-5-10(3)8-12(14)17/h5-6,8-9,11,13H,7H2,1-4H3,(H,18,20). The number of nitrogens with zero attached hydrogens (tertiary/aromatic N) is 1. The van der Waals surface area contributed by atoms with Gasteiger partial charge in [-0.3, -0.25) is 14.5 Å². The van der Waals surface area contributed by atoms with E-state index in [4.69, 9.17) is 11.6 Å². The summed E-state index contributed by atoms with van der Waals surface area (Å²) in [5.41, 5.74) is 1.62. The third-order valence-corrected chi connectivity index (χ3v) is 3.99. The largest absolute Gasteiger partial charge is 0.342 e. The first-order valence-corrected chi connectivity index (χ1v) is 7.58. The lowest BCUT2D eigenvalue weighted by atomic mass is 9.98. The number of aryl methyl sites for hydroxylation is 1. The molecular weight excluding hydrogens is 288 g/mol. The average molecular weight is 309 g/mol. The molecule has 2 atom stereocenters. The third-order valence-electron chi connectivity index (χ3n) is 3.69. The van der Waals surface area contributed by atoms with Gasteiger partial charge in [-0.25, -0.2) is 0 Å². The lowest BCUT2D eigenvalue weighted by Gasteiger charge is -2.38. The molecule has 0 radical (unpaired) electrons. The van der Waals surface area contributed by atoms with Crippen LogP contribution in [0.1, 0.15) is 32.8 Å². The molecule has 1 heterocycles. The van der Waals surface area contributed by atoms with E-state index in [1.165, 1.54) is 4.90 Å². The second-order valence-electron chi connectivity index (χ2n) is 6.03. The van der Waals surface area contributed by atoms with Gasteiger partial charge in [0.25, 0.3) is 0 Å². The highest BCUT2D eigenvalue weighted by Crippen LogP contribution is 2.31. The van der Waals surface area contributed by atoms with Crippen molar-refractivity contribution in [2.45, 2.75) is 46.2 Å². The quantitative estimate of drug-likeness (QED) is 0.933. The Morgan fingerprint density at radius 2 is 2.00 bits per heavy atom. The SMILES string of the molecule is Cc1ccc(N2C(=O)C(CC(C)C)NC(=O)C2C)c(Cl)c1. The summed E-state index contributed by atoms with van der Waals surface area (Å²) < 4.78 is 0. The minimum absolute atomic E-state index is 0.0958. The van der Waals surface area contributed by atoms with Crippen molar-refractivity contribution in [3.8, 4) is 0 Å². The highest BCUT2D eigenvalue weighted by molar-refractivity contribution is 6.34. The molecule has 1 aliphatic heterocycles. The van der Waals surface area contributed by atoms with Gasteiger partial charge in [0.1, 0.15) is 12.1 Å². The van der Waals surface area contributed by atoms with Gasteiger partial charge >= 0.3 is 0 Å². The molecule has 114 valence electrons. The molecule has 0 aliphatic carbocycles. The first-order valence-electron chi connectivity index (χ1n) is 7.21. The third kappa shape index (κ3) is 3.21. The maximum atomic E-state index is 12.7. The predicted octanol–water partition coefficient (Wildman–Crippen LogP) is 2.91. The maximum Gasteiger partial charge on any atom is 0.250 e. The van der Waals surface area contributed by atoms with E-state index < -0.39 is 12.1 Å². The fourth-order valence-corrected chi connectivity index (χ4v) is 2.92. The average Bonchev–Trinajstić information content (AvgIpc) is 2.38. The van der Waals surface area contributed by atoms with Gasteiger partial charge < -0.3 is 5.32 Å². The van der Waals surface area contributed by atoms with Crippen LogP contribution in [0.25, 0.3) is 0 Å². The summed E-state index contributed by atoms with van der Waals surface area (Å²) >= 11 is 6.27. The van der Waals surface area contributed by atoms with E-state index in [2.05, 4.69) is 5.32 Å². The van der Waals surface area contributed by atoms with Crippen molar-refractivity contribution in [1.82, 2.24) is 5.32 Å². The highest BCUT2D eigenvalue weighted by atomic mass is 35.5. The molecule has 1 saturated heterocycles. The zero-order valence-electron chi connectivity index (χ0n) is 12.8. The maximum absolute atomic E-state index is 12.7. The van der Waals surface area contributed by atoms with E-state index >= 15 is 0 Å². The molecule has 1 aliphatic rings. The first-order chi connectivity index (χ1) is 9.81. The highest BCUT2D eigenvalue weighted by Gasteiger charge is 2.39. The number of carbonyl (C=O) groups is 2. The number of carbonyl (C=O) groups excluding carboxylic acids is 2. The topological polar surface area (TPSA) is 49.4 Å². The summed E-state index contributed by atoms with van der Waals surface area (Å²) in [6.45, 7) is 7.71. The van der Waals surface area contributed by atoms with E-state index in [1.807, 2.05) is 26.8 Å². The van der Waals surface area contributed by atoms with Gasteiger partial charge in [0, 0.05) is 0 Å². The van der Waals surface area contributed by atoms with Crippen LogP contribution in [0.3, 0.4) is 0 Å².